The minimum absolute atomic E-state index is 0.00578. The van der Waals surface area contributed by atoms with Gasteiger partial charge in [0, 0.05) is 13.1 Å². The SMILES string of the molecule is CCC1(C(=O)N(C)CC(=O)Nc2cc(C)on2)CCCN1. The number of carbonyl (C=O) groups excluding carboxylic acids is 2. The van der Waals surface area contributed by atoms with Crippen molar-refractivity contribution in [2.75, 3.05) is 25.5 Å². The monoisotopic (exact) mass is 294 g/mol. The molecule has 1 unspecified atom stereocenters. The number of rotatable bonds is 5. The van der Waals surface area contributed by atoms with Crippen molar-refractivity contribution in [2.24, 2.45) is 0 Å². The van der Waals surface area contributed by atoms with Crippen LogP contribution in [0.5, 0.6) is 0 Å². The maximum absolute atomic E-state index is 12.5. The van der Waals surface area contributed by atoms with Crippen LogP contribution in [0.4, 0.5) is 5.82 Å². The fourth-order valence-electron chi connectivity index (χ4n) is 2.70. The molecular formula is C14H22N4O3. The first-order valence-corrected chi connectivity index (χ1v) is 7.20. The zero-order chi connectivity index (χ0) is 15.5. The number of nitrogens with one attached hydrogen (secondary N) is 2. The van der Waals surface area contributed by atoms with Crippen molar-refractivity contribution in [1.29, 1.82) is 0 Å². The molecule has 116 valence electrons. The van der Waals surface area contributed by atoms with Gasteiger partial charge in [0.15, 0.2) is 5.82 Å². The zero-order valence-electron chi connectivity index (χ0n) is 12.7. The van der Waals surface area contributed by atoms with Gasteiger partial charge in [-0.25, -0.2) is 0 Å². The molecule has 1 aromatic rings. The van der Waals surface area contributed by atoms with Crippen LogP contribution in [0.3, 0.4) is 0 Å². The second kappa shape index (κ2) is 6.26. The van der Waals surface area contributed by atoms with Crippen LogP contribution < -0.4 is 10.6 Å². The summed E-state index contributed by atoms with van der Waals surface area (Å²) in [6, 6.07) is 1.63. The molecule has 2 rings (SSSR count). The van der Waals surface area contributed by atoms with E-state index in [1.165, 1.54) is 4.90 Å². The normalized spacial score (nSPS) is 21.3. The van der Waals surface area contributed by atoms with E-state index in [9.17, 15) is 9.59 Å². The fourth-order valence-corrected chi connectivity index (χ4v) is 2.70. The van der Waals surface area contributed by atoms with Crippen LogP contribution in [0.15, 0.2) is 10.6 Å². The molecule has 2 N–H and O–H groups in total. The molecule has 0 spiro atoms. The van der Waals surface area contributed by atoms with Crippen molar-refractivity contribution in [2.45, 2.75) is 38.6 Å². The smallest absolute Gasteiger partial charge is 0.245 e. The Balaban J connectivity index is 1.92. The molecule has 1 aliphatic rings. The van der Waals surface area contributed by atoms with E-state index in [4.69, 9.17) is 4.52 Å². The Hall–Kier alpha value is -1.89. The molecule has 2 heterocycles. The third-order valence-electron chi connectivity index (χ3n) is 3.88. The van der Waals surface area contributed by atoms with Crippen molar-refractivity contribution in [3.8, 4) is 0 Å². The van der Waals surface area contributed by atoms with Gasteiger partial charge in [-0.3, -0.25) is 9.59 Å². The zero-order valence-corrected chi connectivity index (χ0v) is 12.7. The first-order valence-electron chi connectivity index (χ1n) is 7.20. The van der Waals surface area contributed by atoms with Crippen LogP contribution in [0.1, 0.15) is 31.9 Å². The van der Waals surface area contributed by atoms with Crippen molar-refractivity contribution < 1.29 is 14.1 Å². The van der Waals surface area contributed by atoms with Gasteiger partial charge in [-0.05, 0) is 32.7 Å². The van der Waals surface area contributed by atoms with Crippen LogP contribution in [-0.2, 0) is 9.59 Å². The van der Waals surface area contributed by atoms with E-state index in [1.54, 1.807) is 20.0 Å². The highest BCUT2D eigenvalue weighted by atomic mass is 16.5. The van der Waals surface area contributed by atoms with Crippen LogP contribution in [0.2, 0.25) is 0 Å². The number of carbonyl (C=O) groups is 2. The number of nitrogens with zero attached hydrogens (tertiary/aromatic N) is 2. The molecule has 0 aliphatic carbocycles. The Morgan fingerprint density at radius 3 is 2.86 bits per heavy atom. The van der Waals surface area contributed by atoms with Gasteiger partial charge in [0.2, 0.25) is 11.8 Å². The maximum atomic E-state index is 12.5. The van der Waals surface area contributed by atoms with Gasteiger partial charge in [-0.1, -0.05) is 12.1 Å². The molecule has 1 atom stereocenters. The van der Waals surface area contributed by atoms with Gasteiger partial charge >= 0.3 is 0 Å². The average Bonchev–Trinajstić information content (AvgIpc) is 3.07. The number of hydrogen-bond donors (Lipinski definition) is 2. The van der Waals surface area contributed by atoms with Crippen LogP contribution >= 0.6 is 0 Å². The van der Waals surface area contributed by atoms with Crippen molar-refractivity contribution in [3.05, 3.63) is 11.8 Å². The lowest BCUT2D eigenvalue weighted by Gasteiger charge is -2.31. The summed E-state index contributed by atoms with van der Waals surface area (Å²) in [6.45, 7) is 4.57. The number of likely N-dealkylation sites (N-methyl/N-ethyl adjacent to an activating group) is 1. The van der Waals surface area contributed by atoms with E-state index < -0.39 is 5.54 Å². The van der Waals surface area contributed by atoms with Gasteiger partial charge in [0.05, 0.1) is 12.1 Å². The number of anilines is 1. The molecule has 21 heavy (non-hydrogen) atoms. The molecule has 7 heteroatoms. The first kappa shape index (κ1) is 15.5. The molecule has 1 aliphatic heterocycles. The van der Waals surface area contributed by atoms with Crippen molar-refractivity contribution in [3.63, 3.8) is 0 Å². The largest absolute Gasteiger partial charge is 0.360 e. The van der Waals surface area contributed by atoms with E-state index in [1.807, 2.05) is 6.92 Å². The summed E-state index contributed by atoms with van der Waals surface area (Å²) in [7, 11) is 1.65. The molecule has 0 aromatic carbocycles. The summed E-state index contributed by atoms with van der Waals surface area (Å²) < 4.78 is 4.88. The minimum Gasteiger partial charge on any atom is -0.360 e. The Kier molecular flexibility index (Phi) is 4.62. The molecule has 7 nitrogen and oxygen atoms in total. The fraction of sp³-hybridized carbons (Fsp3) is 0.643. The van der Waals surface area contributed by atoms with Crippen LogP contribution in [-0.4, -0.2) is 47.5 Å². The highest BCUT2D eigenvalue weighted by molar-refractivity contribution is 5.95. The van der Waals surface area contributed by atoms with Gasteiger partial charge in [-0.15, -0.1) is 0 Å². The second-order valence-electron chi connectivity index (χ2n) is 5.50. The molecule has 0 radical (unpaired) electrons. The number of amides is 2. The van der Waals surface area contributed by atoms with Crippen LogP contribution in [0, 0.1) is 6.92 Å². The summed E-state index contributed by atoms with van der Waals surface area (Å²) in [5, 5.41) is 9.58. The van der Waals surface area contributed by atoms with Gasteiger partial charge in [0.25, 0.3) is 0 Å². The lowest BCUT2D eigenvalue weighted by molar-refractivity contribution is -0.139. The maximum Gasteiger partial charge on any atom is 0.245 e. The molecule has 0 saturated carbocycles. The summed E-state index contributed by atoms with van der Waals surface area (Å²) >= 11 is 0. The van der Waals surface area contributed by atoms with E-state index in [0.29, 0.717) is 11.6 Å². The quantitative estimate of drug-likeness (QED) is 0.843. The number of aromatic nitrogens is 1. The lowest BCUT2D eigenvalue weighted by Crippen LogP contribution is -2.54. The molecule has 2 amide bonds. The van der Waals surface area contributed by atoms with E-state index in [-0.39, 0.29) is 18.4 Å². The molecular weight excluding hydrogens is 272 g/mol. The molecule has 0 bridgehead atoms. The first-order chi connectivity index (χ1) is 9.97. The Morgan fingerprint density at radius 2 is 2.33 bits per heavy atom. The predicted octanol–water partition coefficient (Wildman–Crippen LogP) is 0.912. The Labute approximate surface area is 124 Å². The Bertz CT molecular complexity index is 520. The summed E-state index contributed by atoms with van der Waals surface area (Å²) in [4.78, 5) is 25.9. The summed E-state index contributed by atoms with van der Waals surface area (Å²) in [5.74, 6) is 0.662. The van der Waals surface area contributed by atoms with Crippen molar-refractivity contribution in [1.82, 2.24) is 15.4 Å². The molecule has 1 aromatic heterocycles. The van der Waals surface area contributed by atoms with E-state index >= 15 is 0 Å². The van der Waals surface area contributed by atoms with Gasteiger partial charge in [-0.2, -0.15) is 0 Å². The third-order valence-corrected chi connectivity index (χ3v) is 3.88. The summed E-state index contributed by atoms with van der Waals surface area (Å²) in [6.07, 6.45) is 2.52. The van der Waals surface area contributed by atoms with Crippen LogP contribution in [0.25, 0.3) is 0 Å². The lowest BCUT2D eigenvalue weighted by atomic mass is 9.92. The van der Waals surface area contributed by atoms with Crippen molar-refractivity contribution >= 4 is 17.6 Å². The average molecular weight is 294 g/mol. The minimum atomic E-state index is -0.514. The highest BCUT2D eigenvalue weighted by Gasteiger charge is 2.41. The standard InChI is InChI=1S/C14H22N4O3/c1-4-14(6-5-7-15-14)13(20)18(3)9-12(19)16-11-8-10(2)21-17-11/h8,15H,4-7,9H2,1-3H3,(H,16,17,19). The van der Waals surface area contributed by atoms with E-state index in [2.05, 4.69) is 15.8 Å². The molecule has 1 saturated heterocycles. The Morgan fingerprint density at radius 1 is 1.57 bits per heavy atom. The topological polar surface area (TPSA) is 87.5 Å². The third kappa shape index (κ3) is 3.41. The van der Waals surface area contributed by atoms with Gasteiger partial charge in [0.1, 0.15) is 5.76 Å². The van der Waals surface area contributed by atoms with E-state index in [0.717, 1.165) is 25.8 Å². The van der Waals surface area contributed by atoms with Gasteiger partial charge < -0.3 is 20.1 Å². The number of hydrogen-bond acceptors (Lipinski definition) is 5. The highest BCUT2D eigenvalue weighted by Crippen LogP contribution is 2.25. The summed E-state index contributed by atoms with van der Waals surface area (Å²) in [5.41, 5.74) is -0.514. The molecule has 1 fully saturated rings. The number of aryl methyl sites for hydroxylation is 1. The predicted molar refractivity (Wildman–Crippen MR) is 77.8 cm³/mol. The second-order valence-corrected chi connectivity index (χ2v) is 5.50.